The second-order valence-electron chi connectivity index (χ2n) is 8.25. The van der Waals surface area contributed by atoms with Crippen molar-refractivity contribution in [1.29, 1.82) is 0 Å². The highest BCUT2D eigenvalue weighted by molar-refractivity contribution is 7.91. The summed E-state index contributed by atoms with van der Waals surface area (Å²) in [5.74, 6) is -2.92. The number of halogens is 2. The molecule has 7 nitrogen and oxygen atoms in total. The number of carbonyl (C=O) groups excluding carboxylic acids is 2. The quantitative estimate of drug-likeness (QED) is 0.720. The molecule has 1 saturated carbocycles. The van der Waals surface area contributed by atoms with Crippen molar-refractivity contribution in [2.24, 2.45) is 5.73 Å². The van der Waals surface area contributed by atoms with Crippen LogP contribution >= 0.6 is 11.6 Å². The van der Waals surface area contributed by atoms with Crippen LogP contribution in [0.25, 0.3) is 0 Å². The van der Waals surface area contributed by atoms with Gasteiger partial charge in [-0.2, -0.15) is 0 Å². The van der Waals surface area contributed by atoms with Crippen molar-refractivity contribution < 1.29 is 22.4 Å². The molecule has 0 saturated heterocycles. The Bertz CT molecular complexity index is 1180. The zero-order chi connectivity index (χ0) is 22.6. The highest BCUT2D eigenvalue weighted by Gasteiger charge is 2.41. The summed E-state index contributed by atoms with van der Waals surface area (Å²) in [6, 6.07) is 7.24. The molecule has 1 aliphatic carbocycles. The van der Waals surface area contributed by atoms with Crippen LogP contribution in [0.1, 0.15) is 35.7 Å². The Morgan fingerprint density at radius 1 is 1.29 bits per heavy atom. The number of carbonyl (C=O) groups is 2. The van der Waals surface area contributed by atoms with Crippen molar-refractivity contribution in [3.63, 3.8) is 0 Å². The SMILES string of the molecule is CC1(NC(=O)c2cc3c(cc2F)S(=O)(=O)C[C@H](N)C(=O)N3Cc2ccc(Cl)cc2)CC1. The maximum atomic E-state index is 14.8. The van der Waals surface area contributed by atoms with E-state index in [1.165, 1.54) is 4.90 Å². The highest BCUT2D eigenvalue weighted by Crippen LogP contribution is 2.37. The summed E-state index contributed by atoms with van der Waals surface area (Å²) in [4.78, 5) is 26.5. The van der Waals surface area contributed by atoms with Crippen LogP contribution in [0.5, 0.6) is 0 Å². The van der Waals surface area contributed by atoms with E-state index in [0.717, 1.165) is 25.0 Å². The van der Waals surface area contributed by atoms with Gasteiger partial charge in [0.1, 0.15) is 5.82 Å². The van der Waals surface area contributed by atoms with Gasteiger partial charge in [0.05, 0.1) is 34.5 Å². The zero-order valence-corrected chi connectivity index (χ0v) is 18.3. The normalized spacial score (nSPS) is 21.2. The smallest absolute Gasteiger partial charge is 0.254 e. The van der Waals surface area contributed by atoms with Crippen molar-refractivity contribution in [2.75, 3.05) is 10.7 Å². The molecule has 4 rings (SSSR count). The van der Waals surface area contributed by atoms with Gasteiger partial charge in [0.25, 0.3) is 5.91 Å². The van der Waals surface area contributed by atoms with Gasteiger partial charge in [0, 0.05) is 10.6 Å². The first-order chi connectivity index (χ1) is 14.5. The van der Waals surface area contributed by atoms with Gasteiger partial charge in [-0.15, -0.1) is 0 Å². The molecule has 2 amide bonds. The topological polar surface area (TPSA) is 110 Å². The summed E-state index contributed by atoms with van der Waals surface area (Å²) >= 11 is 5.92. The molecule has 164 valence electrons. The number of hydrogen-bond acceptors (Lipinski definition) is 5. The van der Waals surface area contributed by atoms with Crippen LogP contribution in [-0.4, -0.2) is 37.6 Å². The lowest BCUT2D eigenvalue weighted by Crippen LogP contribution is -2.45. The molecule has 2 aliphatic rings. The van der Waals surface area contributed by atoms with Gasteiger partial charge < -0.3 is 16.0 Å². The summed E-state index contributed by atoms with van der Waals surface area (Å²) < 4.78 is 40.5. The van der Waals surface area contributed by atoms with Crippen LogP contribution in [-0.2, 0) is 21.2 Å². The highest BCUT2D eigenvalue weighted by atomic mass is 35.5. The molecule has 1 fully saturated rings. The number of rotatable bonds is 4. The van der Waals surface area contributed by atoms with E-state index in [1.807, 2.05) is 6.92 Å². The zero-order valence-electron chi connectivity index (χ0n) is 16.7. The van der Waals surface area contributed by atoms with E-state index < -0.39 is 44.8 Å². The molecule has 0 spiro atoms. The molecule has 0 aromatic heterocycles. The first kappa shape index (κ1) is 21.7. The number of amides is 2. The Labute approximate surface area is 184 Å². The number of benzene rings is 2. The Morgan fingerprint density at radius 2 is 1.94 bits per heavy atom. The first-order valence-corrected chi connectivity index (χ1v) is 11.7. The van der Waals surface area contributed by atoms with Crippen molar-refractivity contribution in [3.05, 3.63) is 58.4 Å². The predicted molar refractivity (Wildman–Crippen MR) is 114 cm³/mol. The van der Waals surface area contributed by atoms with Crippen molar-refractivity contribution in [3.8, 4) is 0 Å². The molecule has 0 bridgehead atoms. The molecule has 31 heavy (non-hydrogen) atoms. The van der Waals surface area contributed by atoms with Gasteiger partial charge in [-0.05, 0) is 49.6 Å². The third-order valence-corrected chi connectivity index (χ3v) is 7.62. The maximum Gasteiger partial charge on any atom is 0.254 e. The first-order valence-electron chi connectivity index (χ1n) is 9.69. The number of sulfone groups is 1. The third-order valence-electron chi connectivity index (χ3n) is 5.57. The van der Waals surface area contributed by atoms with Crippen LogP contribution in [0.3, 0.4) is 0 Å². The van der Waals surface area contributed by atoms with E-state index in [1.54, 1.807) is 24.3 Å². The molecule has 1 atom stereocenters. The summed E-state index contributed by atoms with van der Waals surface area (Å²) in [5.41, 5.74) is 5.73. The average Bonchev–Trinajstić information content (AvgIpc) is 3.43. The second-order valence-corrected chi connectivity index (χ2v) is 10.7. The van der Waals surface area contributed by atoms with Crippen molar-refractivity contribution in [1.82, 2.24) is 5.32 Å². The number of nitrogens with zero attached hydrogens (tertiary/aromatic N) is 1. The minimum atomic E-state index is -4.06. The van der Waals surface area contributed by atoms with E-state index in [0.29, 0.717) is 10.6 Å². The fourth-order valence-electron chi connectivity index (χ4n) is 3.48. The molecule has 10 heteroatoms. The largest absolute Gasteiger partial charge is 0.347 e. The van der Waals surface area contributed by atoms with Crippen LogP contribution in [0.15, 0.2) is 41.3 Å². The molecule has 2 aromatic rings. The van der Waals surface area contributed by atoms with Crippen molar-refractivity contribution in [2.45, 2.75) is 42.8 Å². The Kier molecular flexibility index (Phi) is 5.31. The second kappa shape index (κ2) is 7.58. The lowest BCUT2D eigenvalue weighted by Gasteiger charge is -2.25. The van der Waals surface area contributed by atoms with Crippen LogP contribution in [0.2, 0.25) is 5.02 Å². The van der Waals surface area contributed by atoms with Crippen LogP contribution in [0.4, 0.5) is 10.1 Å². The standard InChI is InChI=1S/C21H21ClFN3O4S/c1-21(6-7-21)25-19(27)14-8-17-18(9-15(14)23)31(29,30)11-16(24)20(28)26(17)10-12-2-4-13(22)5-3-12/h2-5,8-9,16H,6-7,10-11,24H2,1H3,(H,25,27)/t16-/m0/s1. The van der Waals surface area contributed by atoms with Crippen LogP contribution in [0, 0.1) is 5.82 Å². The number of anilines is 1. The maximum absolute atomic E-state index is 14.8. The predicted octanol–water partition coefficient (Wildman–Crippen LogP) is 2.41. The summed E-state index contributed by atoms with van der Waals surface area (Å²) in [5, 5.41) is 3.25. The minimum Gasteiger partial charge on any atom is -0.347 e. The monoisotopic (exact) mass is 465 g/mol. The summed E-state index contributed by atoms with van der Waals surface area (Å²) in [6.07, 6.45) is 1.55. The Morgan fingerprint density at radius 3 is 2.55 bits per heavy atom. The molecule has 0 unspecified atom stereocenters. The minimum absolute atomic E-state index is 0.0172. The molecular weight excluding hydrogens is 445 g/mol. The Balaban J connectivity index is 1.83. The van der Waals surface area contributed by atoms with Gasteiger partial charge >= 0.3 is 0 Å². The lowest BCUT2D eigenvalue weighted by atomic mass is 10.1. The van der Waals surface area contributed by atoms with Gasteiger partial charge in [-0.25, -0.2) is 12.8 Å². The number of hydrogen-bond donors (Lipinski definition) is 2. The van der Waals surface area contributed by atoms with Crippen LogP contribution < -0.4 is 16.0 Å². The fourth-order valence-corrected chi connectivity index (χ4v) is 5.18. The summed E-state index contributed by atoms with van der Waals surface area (Å²) in [6.45, 7) is 1.82. The van der Waals surface area contributed by atoms with E-state index in [4.69, 9.17) is 17.3 Å². The molecule has 3 N–H and O–H groups in total. The van der Waals surface area contributed by atoms with Crippen molar-refractivity contribution >= 4 is 38.9 Å². The van der Waals surface area contributed by atoms with E-state index in [-0.39, 0.29) is 22.7 Å². The van der Waals surface area contributed by atoms with Gasteiger partial charge in [0.15, 0.2) is 9.84 Å². The average molecular weight is 466 g/mol. The molecule has 2 aromatic carbocycles. The Hall–Kier alpha value is -2.49. The molecular formula is C21H21ClFN3O4S. The molecule has 1 aliphatic heterocycles. The van der Waals surface area contributed by atoms with Gasteiger partial charge in [-0.3, -0.25) is 9.59 Å². The summed E-state index contributed by atoms with van der Waals surface area (Å²) in [7, 11) is -4.06. The third kappa shape index (κ3) is 4.30. The number of nitrogens with two attached hydrogens (primary N) is 1. The van der Waals surface area contributed by atoms with Gasteiger partial charge in [-0.1, -0.05) is 23.7 Å². The number of nitrogens with one attached hydrogen (secondary N) is 1. The van der Waals surface area contributed by atoms with E-state index >= 15 is 0 Å². The molecule has 0 radical (unpaired) electrons. The fraction of sp³-hybridized carbons (Fsp3) is 0.333. The lowest BCUT2D eigenvalue weighted by molar-refractivity contribution is -0.119. The van der Waals surface area contributed by atoms with Gasteiger partial charge in [0.2, 0.25) is 5.91 Å². The van der Waals surface area contributed by atoms with E-state index in [9.17, 15) is 22.4 Å². The molecule has 1 heterocycles. The number of fused-ring (bicyclic) bond motifs is 1. The van der Waals surface area contributed by atoms with E-state index in [2.05, 4.69) is 5.32 Å².